The molecule has 5 nitrogen and oxygen atoms in total. The Morgan fingerprint density at radius 2 is 2.27 bits per heavy atom. The summed E-state index contributed by atoms with van der Waals surface area (Å²) in [6.45, 7) is 2.30. The van der Waals surface area contributed by atoms with Gasteiger partial charge in [-0.1, -0.05) is 0 Å². The van der Waals surface area contributed by atoms with Crippen LogP contribution in [0.25, 0.3) is 10.9 Å². The summed E-state index contributed by atoms with van der Waals surface area (Å²) in [6.07, 6.45) is 0. The Kier molecular flexibility index (Phi) is 2.07. The standard InChI is InChI=1S/C10H9NO4/c1-2-11-8-5-6(9(12)13)3-4-7(8)10(14)15-11/h3-5H,2H2,1H3,(H,12,13). The number of aromatic carboxylic acids is 1. The molecule has 0 saturated carbocycles. The van der Waals surface area contributed by atoms with Crippen LogP contribution in [0.4, 0.5) is 0 Å². The third kappa shape index (κ3) is 1.41. The molecule has 15 heavy (non-hydrogen) atoms. The number of aromatic nitrogens is 1. The molecule has 2 aromatic rings. The molecule has 0 atom stereocenters. The number of carbonyl (C=O) groups is 1. The number of fused-ring (bicyclic) bond motifs is 1. The first kappa shape index (κ1) is 9.51. The Labute approximate surface area is 84.5 Å². The third-order valence-corrected chi connectivity index (χ3v) is 2.21. The van der Waals surface area contributed by atoms with Crippen LogP contribution >= 0.6 is 0 Å². The van der Waals surface area contributed by atoms with Crippen LogP contribution in [0.1, 0.15) is 17.3 Å². The Hall–Kier alpha value is -2.04. The van der Waals surface area contributed by atoms with Crippen molar-refractivity contribution in [1.82, 2.24) is 4.74 Å². The summed E-state index contributed by atoms with van der Waals surface area (Å²) in [5.74, 6) is -1.02. The van der Waals surface area contributed by atoms with Crippen molar-refractivity contribution in [2.24, 2.45) is 0 Å². The van der Waals surface area contributed by atoms with E-state index in [0.717, 1.165) is 0 Å². The molecule has 0 bridgehead atoms. The smallest absolute Gasteiger partial charge is 0.365 e. The molecular weight excluding hydrogens is 198 g/mol. The fourth-order valence-corrected chi connectivity index (χ4v) is 1.48. The number of carboxylic acids is 1. The summed E-state index contributed by atoms with van der Waals surface area (Å²) in [5, 5.41) is 9.20. The second-order valence-corrected chi connectivity index (χ2v) is 3.11. The van der Waals surface area contributed by atoms with Gasteiger partial charge in [0, 0.05) is 0 Å². The first-order chi connectivity index (χ1) is 7.13. The molecule has 1 N–H and O–H groups in total. The molecule has 1 heterocycles. The molecule has 1 aromatic carbocycles. The number of benzene rings is 1. The Balaban J connectivity index is 2.79. The van der Waals surface area contributed by atoms with Crippen molar-refractivity contribution >= 4 is 16.9 Å². The van der Waals surface area contributed by atoms with Gasteiger partial charge in [0.05, 0.1) is 23.0 Å². The lowest BCUT2D eigenvalue weighted by molar-refractivity contribution is 0.0697. The maximum atomic E-state index is 11.3. The minimum absolute atomic E-state index is 0.144. The van der Waals surface area contributed by atoms with Crippen molar-refractivity contribution in [2.75, 3.05) is 0 Å². The van der Waals surface area contributed by atoms with Gasteiger partial charge in [-0.05, 0) is 25.1 Å². The van der Waals surface area contributed by atoms with E-state index < -0.39 is 11.6 Å². The molecule has 2 rings (SSSR count). The summed E-state index contributed by atoms with van der Waals surface area (Å²) in [7, 11) is 0. The Bertz CT molecular complexity index is 579. The van der Waals surface area contributed by atoms with Crippen LogP contribution in [0.3, 0.4) is 0 Å². The Morgan fingerprint density at radius 1 is 1.53 bits per heavy atom. The van der Waals surface area contributed by atoms with Crippen LogP contribution in [-0.4, -0.2) is 15.8 Å². The highest BCUT2D eigenvalue weighted by molar-refractivity contribution is 5.92. The average molecular weight is 207 g/mol. The van der Waals surface area contributed by atoms with Crippen molar-refractivity contribution < 1.29 is 14.4 Å². The van der Waals surface area contributed by atoms with Crippen molar-refractivity contribution in [1.29, 1.82) is 0 Å². The molecule has 0 spiro atoms. The van der Waals surface area contributed by atoms with Crippen LogP contribution in [-0.2, 0) is 6.54 Å². The molecule has 0 aliphatic carbocycles. The summed E-state index contributed by atoms with van der Waals surface area (Å²) in [5.41, 5.74) is 0.219. The van der Waals surface area contributed by atoms with Crippen LogP contribution in [0, 0.1) is 0 Å². The predicted molar refractivity (Wildman–Crippen MR) is 53.1 cm³/mol. The maximum absolute atomic E-state index is 11.3. The molecule has 5 heteroatoms. The lowest BCUT2D eigenvalue weighted by atomic mass is 10.1. The maximum Gasteiger partial charge on any atom is 0.365 e. The van der Waals surface area contributed by atoms with Crippen molar-refractivity contribution in [3.63, 3.8) is 0 Å². The topological polar surface area (TPSA) is 72.4 Å². The van der Waals surface area contributed by atoms with E-state index in [9.17, 15) is 9.59 Å². The number of nitrogens with zero attached hydrogens (tertiary/aromatic N) is 1. The summed E-state index contributed by atoms with van der Waals surface area (Å²) >= 11 is 0. The minimum Gasteiger partial charge on any atom is -0.478 e. The second kappa shape index (κ2) is 3.27. The monoisotopic (exact) mass is 207 g/mol. The van der Waals surface area contributed by atoms with E-state index in [1.807, 2.05) is 6.92 Å². The van der Waals surface area contributed by atoms with Gasteiger partial charge in [0.25, 0.3) is 0 Å². The lowest BCUT2D eigenvalue weighted by Gasteiger charge is -1.97. The molecule has 0 aliphatic rings. The summed E-state index contributed by atoms with van der Waals surface area (Å²) < 4.78 is 6.30. The molecule has 78 valence electrons. The summed E-state index contributed by atoms with van der Waals surface area (Å²) in [6, 6.07) is 4.30. The zero-order valence-corrected chi connectivity index (χ0v) is 8.06. The first-order valence-corrected chi connectivity index (χ1v) is 4.50. The van der Waals surface area contributed by atoms with Gasteiger partial charge in [0.15, 0.2) is 0 Å². The molecule has 0 radical (unpaired) electrons. The largest absolute Gasteiger partial charge is 0.478 e. The molecule has 0 saturated heterocycles. The fraction of sp³-hybridized carbons (Fsp3) is 0.200. The minimum atomic E-state index is -1.02. The number of carboxylic acid groups (broad SMARTS) is 1. The van der Waals surface area contributed by atoms with E-state index in [4.69, 9.17) is 9.63 Å². The average Bonchev–Trinajstić information content (AvgIpc) is 2.55. The van der Waals surface area contributed by atoms with Crippen molar-refractivity contribution in [3.8, 4) is 0 Å². The van der Waals surface area contributed by atoms with E-state index >= 15 is 0 Å². The van der Waals surface area contributed by atoms with Gasteiger partial charge in [0.2, 0.25) is 0 Å². The highest BCUT2D eigenvalue weighted by Crippen LogP contribution is 2.13. The van der Waals surface area contributed by atoms with Crippen LogP contribution in [0.15, 0.2) is 27.5 Å². The number of aryl methyl sites for hydroxylation is 1. The highest BCUT2D eigenvalue weighted by Gasteiger charge is 2.11. The quantitative estimate of drug-likeness (QED) is 0.805. The van der Waals surface area contributed by atoms with Gasteiger partial charge >= 0.3 is 11.6 Å². The molecule has 1 aromatic heterocycles. The van der Waals surface area contributed by atoms with Gasteiger partial charge < -0.3 is 9.63 Å². The summed E-state index contributed by atoms with van der Waals surface area (Å²) in [4.78, 5) is 22.0. The number of hydrogen-bond acceptors (Lipinski definition) is 3. The van der Waals surface area contributed by atoms with Crippen LogP contribution in [0.2, 0.25) is 0 Å². The molecule has 0 unspecified atom stereocenters. The van der Waals surface area contributed by atoms with E-state index in [0.29, 0.717) is 17.4 Å². The van der Waals surface area contributed by atoms with Crippen molar-refractivity contribution in [2.45, 2.75) is 13.5 Å². The lowest BCUT2D eigenvalue weighted by Crippen LogP contribution is -1.97. The molecule has 0 aliphatic heterocycles. The molecular formula is C10H9NO4. The first-order valence-electron chi connectivity index (χ1n) is 4.50. The second-order valence-electron chi connectivity index (χ2n) is 3.11. The van der Waals surface area contributed by atoms with Crippen LogP contribution in [0.5, 0.6) is 0 Å². The van der Waals surface area contributed by atoms with Gasteiger partial charge in [0.1, 0.15) is 0 Å². The highest BCUT2D eigenvalue weighted by atomic mass is 16.5. The van der Waals surface area contributed by atoms with E-state index in [1.165, 1.54) is 22.9 Å². The zero-order chi connectivity index (χ0) is 11.0. The normalized spacial score (nSPS) is 10.7. The molecule has 0 fully saturated rings. The number of hydrogen-bond donors (Lipinski definition) is 1. The van der Waals surface area contributed by atoms with Crippen LogP contribution < -0.4 is 5.63 Å². The predicted octanol–water partition coefficient (Wildman–Crippen LogP) is 1.31. The van der Waals surface area contributed by atoms with E-state index in [-0.39, 0.29) is 5.56 Å². The van der Waals surface area contributed by atoms with Gasteiger partial charge in [-0.3, -0.25) is 0 Å². The molecule has 0 amide bonds. The SMILES string of the molecule is CCn1oc(=O)c2ccc(C(=O)O)cc21. The number of rotatable bonds is 2. The zero-order valence-electron chi connectivity index (χ0n) is 8.06. The van der Waals surface area contributed by atoms with Gasteiger partial charge in [-0.2, -0.15) is 0 Å². The Morgan fingerprint density at radius 3 is 2.87 bits per heavy atom. The third-order valence-electron chi connectivity index (χ3n) is 2.21. The van der Waals surface area contributed by atoms with E-state index in [1.54, 1.807) is 0 Å². The van der Waals surface area contributed by atoms with E-state index in [2.05, 4.69) is 0 Å². The van der Waals surface area contributed by atoms with Gasteiger partial charge in [-0.15, -0.1) is 0 Å². The van der Waals surface area contributed by atoms with Crippen molar-refractivity contribution in [3.05, 3.63) is 34.2 Å². The van der Waals surface area contributed by atoms with Gasteiger partial charge in [-0.25, -0.2) is 14.3 Å². The fourth-order valence-electron chi connectivity index (χ4n) is 1.48.